The topological polar surface area (TPSA) is 58.0 Å². The van der Waals surface area contributed by atoms with Crippen molar-refractivity contribution in [2.45, 2.75) is 26.1 Å². The third-order valence-corrected chi connectivity index (χ3v) is 2.84. The number of hydrogen-bond acceptors (Lipinski definition) is 4. The summed E-state index contributed by atoms with van der Waals surface area (Å²) in [6, 6.07) is 8.06. The summed E-state index contributed by atoms with van der Waals surface area (Å²) in [4.78, 5) is 8.31. The van der Waals surface area contributed by atoms with Crippen molar-refractivity contribution in [2.24, 2.45) is 0 Å². The largest absolute Gasteiger partial charge is 0.392 e. The Bertz CT molecular complexity index is 470. The molecule has 4 nitrogen and oxygen atoms in total. The molecule has 1 heterocycles. The van der Waals surface area contributed by atoms with Crippen LogP contribution in [-0.2, 0) is 13.2 Å². The summed E-state index contributed by atoms with van der Waals surface area (Å²) in [5.41, 5.74) is 3.05. The molecule has 94 valence electrons. The summed E-state index contributed by atoms with van der Waals surface area (Å²) in [5.74, 6) is 0. The quantitative estimate of drug-likeness (QED) is 0.841. The molecule has 2 rings (SSSR count). The second-order valence-electron chi connectivity index (χ2n) is 4.21. The zero-order chi connectivity index (χ0) is 12.8. The number of aliphatic hydroxyl groups is 1. The van der Waals surface area contributed by atoms with Crippen LogP contribution in [0.3, 0.4) is 0 Å². The molecule has 0 aliphatic rings. The number of rotatable bonds is 5. The lowest BCUT2D eigenvalue weighted by Gasteiger charge is -2.12. The molecule has 0 aliphatic carbocycles. The van der Waals surface area contributed by atoms with E-state index in [-0.39, 0.29) is 12.6 Å². The Hall–Kier alpha value is -1.78. The molecule has 0 saturated carbocycles. The van der Waals surface area contributed by atoms with Crippen LogP contribution in [0.5, 0.6) is 0 Å². The average Bonchev–Trinajstić information content (AvgIpc) is 2.46. The van der Waals surface area contributed by atoms with Crippen LogP contribution < -0.4 is 5.32 Å². The minimum atomic E-state index is 0.0870. The zero-order valence-corrected chi connectivity index (χ0v) is 10.4. The van der Waals surface area contributed by atoms with Crippen molar-refractivity contribution in [1.29, 1.82) is 0 Å². The standard InChI is InChI=1S/C14H17N3O/c1-11(14-9-15-6-7-16-14)17-8-12-2-4-13(10-18)5-3-12/h2-7,9,11,17-18H,8,10H2,1H3. The first-order valence-corrected chi connectivity index (χ1v) is 5.97. The molecule has 0 amide bonds. The van der Waals surface area contributed by atoms with Gasteiger partial charge in [0, 0.05) is 31.2 Å². The van der Waals surface area contributed by atoms with Crippen molar-refractivity contribution in [3.05, 3.63) is 59.7 Å². The maximum atomic E-state index is 8.96. The van der Waals surface area contributed by atoms with Gasteiger partial charge >= 0.3 is 0 Å². The predicted octanol–water partition coefficient (Wildman–Crippen LogP) is 1.82. The van der Waals surface area contributed by atoms with E-state index in [0.29, 0.717) is 0 Å². The van der Waals surface area contributed by atoms with Crippen LogP contribution in [-0.4, -0.2) is 15.1 Å². The van der Waals surface area contributed by atoms with Gasteiger partial charge in [0.2, 0.25) is 0 Å². The van der Waals surface area contributed by atoms with E-state index in [1.807, 2.05) is 24.3 Å². The molecule has 0 fully saturated rings. The van der Waals surface area contributed by atoms with Gasteiger partial charge in [-0.15, -0.1) is 0 Å². The van der Waals surface area contributed by atoms with Crippen molar-refractivity contribution >= 4 is 0 Å². The monoisotopic (exact) mass is 243 g/mol. The molecule has 0 aliphatic heterocycles. The van der Waals surface area contributed by atoms with Crippen LogP contribution in [0.4, 0.5) is 0 Å². The first-order valence-electron chi connectivity index (χ1n) is 5.97. The number of nitrogens with one attached hydrogen (secondary N) is 1. The third-order valence-electron chi connectivity index (χ3n) is 2.84. The Labute approximate surface area is 107 Å². The van der Waals surface area contributed by atoms with Gasteiger partial charge in [0.15, 0.2) is 0 Å². The van der Waals surface area contributed by atoms with Crippen LogP contribution in [0.2, 0.25) is 0 Å². The highest BCUT2D eigenvalue weighted by Crippen LogP contribution is 2.09. The Balaban J connectivity index is 1.91. The fourth-order valence-corrected chi connectivity index (χ4v) is 1.67. The van der Waals surface area contributed by atoms with Gasteiger partial charge in [-0.3, -0.25) is 9.97 Å². The van der Waals surface area contributed by atoms with Crippen molar-refractivity contribution < 1.29 is 5.11 Å². The molecule has 2 N–H and O–H groups in total. The predicted molar refractivity (Wildman–Crippen MR) is 69.7 cm³/mol. The van der Waals surface area contributed by atoms with Gasteiger partial charge in [0.25, 0.3) is 0 Å². The van der Waals surface area contributed by atoms with Gasteiger partial charge in [0.1, 0.15) is 0 Å². The van der Waals surface area contributed by atoms with Gasteiger partial charge in [-0.1, -0.05) is 24.3 Å². The lowest BCUT2D eigenvalue weighted by atomic mass is 10.1. The molecular formula is C14H17N3O. The number of nitrogens with zero attached hydrogens (tertiary/aromatic N) is 2. The third kappa shape index (κ3) is 3.35. The smallest absolute Gasteiger partial charge is 0.0753 e. The van der Waals surface area contributed by atoms with E-state index in [2.05, 4.69) is 22.2 Å². The van der Waals surface area contributed by atoms with Crippen LogP contribution in [0.1, 0.15) is 29.8 Å². The summed E-state index contributed by atoms with van der Waals surface area (Å²) in [6.07, 6.45) is 5.14. The average molecular weight is 243 g/mol. The number of hydrogen-bond donors (Lipinski definition) is 2. The second-order valence-corrected chi connectivity index (χ2v) is 4.21. The number of benzene rings is 1. The fraction of sp³-hybridized carbons (Fsp3) is 0.286. The van der Waals surface area contributed by atoms with Crippen LogP contribution in [0.25, 0.3) is 0 Å². The van der Waals surface area contributed by atoms with E-state index in [9.17, 15) is 0 Å². The number of aromatic nitrogens is 2. The summed E-state index contributed by atoms with van der Waals surface area (Å²) in [6.45, 7) is 2.92. The molecule has 2 aromatic rings. The first kappa shape index (κ1) is 12.7. The van der Waals surface area contributed by atoms with E-state index in [4.69, 9.17) is 5.11 Å². The number of aliphatic hydroxyl groups excluding tert-OH is 1. The van der Waals surface area contributed by atoms with E-state index in [1.165, 1.54) is 5.56 Å². The highest BCUT2D eigenvalue weighted by molar-refractivity contribution is 5.22. The molecule has 4 heteroatoms. The molecule has 1 atom stereocenters. The molecule has 0 spiro atoms. The molecular weight excluding hydrogens is 226 g/mol. The first-order chi connectivity index (χ1) is 8.79. The van der Waals surface area contributed by atoms with Gasteiger partial charge in [-0.2, -0.15) is 0 Å². The molecule has 0 saturated heterocycles. The maximum absolute atomic E-state index is 8.96. The van der Waals surface area contributed by atoms with E-state index >= 15 is 0 Å². The zero-order valence-electron chi connectivity index (χ0n) is 10.4. The summed E-state index contributed by atoms with van der Waals surface area (Å²) in [5, 5.41) is 12.4. The molecule has 1 aromatic carbocycles. The highest BCUT2D eigenvalue weighted by atomic mass is 16.3. The van der Waals surface area contributed by atoms with E-state index in [0.717, 1.165) is 17.8 Å². The molecule has 0 radical (unpaired) electrons. The normalized spacial score (nSPS) is 12.3. The minimum Gasteiger partial charge on any atom is -0.392 e. The lowest BCUT2D eigenvalue weighted by Crippen LogP contribution is -2.19. The Morgan fingerprint density at radius 1 is 1.17 bits per heavy atom. The second kappa shape index (κ2) is 6.23. The van der Waals surface area contributed by atoms with Gasteiger partial charge in [-0.05, 0) is 18.1 Å². The molecule has 18 heavy (non-hydrogen) atoms. The minimum absolute atomic E-state index is 0.0870. The van der Waals surface area contributed by atoms with E-state index in [1.54, 1.807) is 18.6 Å². The van der Waals surface area contributed by atoms with Gasteiger partial charge < -0.3 is 10.4 Å². The van der Waals surface area contributed by atoms with Crippen LogP contribution in [0.15, 0.2) is 42.9 Å². The van der Waals surface area contributed by atoms with Crippen LogP contribution in [0, 0.1) is 0 Å². The van der Waals surface area contributed by atoms with E-state index < -0.39 is 0 Å². The Morgan fingerprint density at radius 3 is 2.50 bits per heavy atom. The molecule has 1 unspecified atom stereocenters. The summed E-state index contributed by atoms with van der Waals surface area (Å²) >= 11 is 0. The maximum Gasteiger partial charge on any atom is 0.0753 e. The Morgan fingerprint density at radius 2 is 1.89 bits per heavy atom. The summed E-state index contributed by atoms with van der Waals surface area (Å²) in [7, 11) is 0. The summed E-state index contributed by atoms with van der Waals surface area (Å²) < 4.78 is 0. The SMILES string of the molecule is CC(NCc1ccc(CO)cc1)c1cnccn1. The lowest BCUT2D eigenvalue weighted by molar-refractivity contribution is 0.282. The Kier molecular flexibility index (Phi) is 4.39. The van der Waals surface area contributed by atoms with Crippen LogP contribution >= 0.6 is 0 Å². The van der Waals surface area contributed by atoms with Crippen molar-refractivity contribution in [3.8, 4) is 0 Å². The van der Waals surface area contributed by atoms with Gasteiger partial charge in [0.05, 0.1) is 12.3 Å². The molecule has 0 bridgehead atoms. The van der Waals surface area contributed by atoms with Crippen molar-refractivity contribution in [3.63, 3.8) is 0 Å². The van der Waals surface area contributed by atoms with Gasteiger partial charge in [-0.25, -0.2) is 0 Å². The van der Waals surface area contributed by atoms with Crippen molar-refractivity contribution in [2.75, 3.05) is 0 Å². The fourth-order valence-electron chi connectivity index (χ4n) is 1.67. The molecule has 1 aromatic heterocycles. The van der Waals surface area contributed by atoms with Crippen molar-refractivity contribution in [1.82, 2.24) is 15.3 Å². The highest BCUT2D eigenvalue weighted by Gasteiger charge is 2.05.